The first kappa shape index (κ1) is 18.7. The number of halogens is 1. The second-order valence-electron chi connectivity index (χ2n) is 6.66. The van der Waals surface area contributed by atoms with Crippen LogP contribution in [-0.2, 0) is 4.79 Å². The van der Waals surface area contributed by atoms with Crippen molar-refractivity contribution in [2.45, 2.75) is 47.5 Å². The van der Waals surface area contributed by atoms with Gasteiger partial charge in [0.25, 0.3) is 0 Å². The zero-order chi connectivity index (χ0) is 13.8. The van der Waals surface area contributed by atoms with E-state index < -0.39 is 0 Å². The summed E-state index contributed by atoms with van der Waals surface area (Å²) >= 11 is 0. The molecule has 1 heterocycles. The van der Waals surface area contributed by atoms with Gasteiger partial charge < -0.3 is 10.2 Å². The molecule has 1 rings (SSSR count). The molecule has 0 aromatic heterocycles. The molecular weight excluding hydrogens is 260 g/mol. The number of hydrogen-bond donors (Lipinski definition) is 1. The van der Waals surface area contributed by atoms with Crippen molar-refractivity contribution in [3.8, 4) is 0 Å². The number of rotatable bonds is 4. The van der Waals surface area contributed by atoms with Crippen LogP contribution in [-0.4, -0.2) is 37.0 Å². The first-order chi connectivity index (χ1) is 8.36. The van der Waals surface area contributed by atoms with Gasteiger partial charge in [0.1, 0.15) is 0 Å². The zero-order valence-electron chi connectivity index (χ0n) is 13.2. The summed E-state index contributed by atoms with van der Waals surface area (Å²) in [6.07, 6.45) is 2.30. The van der Waals surface area contributed by atoms with Crippen LogP contribution in [0.2, 0.25) is 0 Å². The number of carbonyl (C=O) groups is 1. The summed E-state index contributed by atoms with van der Waals surface area (Å²) in [5, 5.41) is 3.41. The molecule has 1 atom stereocenters. The Morgan fingerprint density at radius 1 is 1.32 bits per heavy atom. The molecule has 4 heteroatoms. The predicted molar refractivity (Wildman–Crippen MR) is 83.7 cm³/mol. The second-order valence-corrected chi connectivity index (χ2v) is 6.66. The van der Waals surface area contributed by atoms with Gasteiger partial charge in [0.2, 0.25) is 5.91 Å². The average molecular weight is 291 g/mol. The summed E-state index contributed by atoms with van der Waals surface area (Å²) < 4.78 is 0. The summed E-state index contributed by atoms with van der Waals surface area (Å²) in [6, 6.07) is 0. The molecule has 3 nitrogen and oxygen atoms in total. The maximum Gasteiger partial charge on any atom is 0.225 e. The quantitative estimate of drug-likeness (QED) is 0.863. The fourth-order valence-corrected chi connectivity index (χ4v) is 2.35. The highest BCUT2D eigenvalue weighted by Crippen LogP contribution is 2.28. The van der Waals surface area contributed by atoms with Crippen molar-refractivity contribution >= 4 is 18.3 Å². The molecule has 1 aliphatic rings. The maximum atomic E-state index is 12.4. The first-order valence-corrected chi connectivity index (χ1v) is 7.35. The van der Waals surface area contributed by atoms with Gasteiger partial charge in [-0.25, -0.2) is 0 Å². The van der Waals surface area contributed by atoms with Gasteiger partial charge in [-0.15, -0.1) is 12.4 Å². The first-order valence-electron chi connectivity index (χ1n) is 7.35. The van der Waals surface area contributed by atoms with Crippen LogP contribution in [0.5, 0.6) is 0 Å². The van der Waals surface area contributed by atoms with E-state index in [4.69, 9.17) is 0 Å². The third-order valence-electron chi connectivity index (χ3n) is 4.28. The number of hydrogen-bond acceptors (Lipinski definition) is 2. The van der Waals surface area contributed by atoms with E-state index in [0.29, 0.717) is 5.91 Å². The van der Waals surface area contributed by atoms with E-state index in [1.54, 1.807) is 0 Å². The van der Waals surface area contributed by atoms with E-state index >= 15 is 0 Å². The molecule has 0 aliphatic carbocycles. The molecule has 0 radical (unpaired) electrons. The monoisotopic (exact) mass is 290 g/mol. The molecule has 0 saturated carbocycles. The molecular formula is C15H31ClN2O. The summed E-state index contributed by atoms with van der Waals surface area (Å²) in [7, 11) is 0. The Kier molecular flexibility index (Phi) is 7.99. The van der Waals surface area contributed by atoms with Crippen molar-refractivity contribution < 1.29 is 4.79 Å². The lowest BCUT2D eigenvalue weighted by Crippen LogP contribution is -2.45. The molecule has 0 aromatic rings. The Morgan fingerprint density at radius 2 is 1.84 bits per heavy atom. The molecule has 114 valence electrons. The van der Waals surface area contributed by atoms with Crippen molar-refractivity contribution in [3.63, 3.8) is 0 Å². The molecule has 1 N–H and O–H groups in total. The van der Waals surface area contributed by atoms with Crippen LogP contribution in [0, 0.1) is 17.3 Å². The summed E-state index contributed by atoms with van der Waals surface area (Å²) in [5.74, 6) is 1.20. The normalized spacial score (nSPS) is 18.9. The van der Waals surface area contributed by atoms with Crippen LogP contribution in [0.25, 0.3) is 0 Å². The number of piperidine rings is 1. The molecule has 0 bridgehead atoms. The van der Waals surface area contributed by atoms with E-state index in [2.05, 4.69) is 44.8 Å². The highest BCUT2D eigenvalue weighted by molar-refractivity contribution is 5.85. The zero-order valence-corrected chi connectivity index (χ0v) is 14.0. The largest absolute Gasteiger partial charge is 0.342 e. The minimum atomic E-state index is 0. The van der Waals surface area contributed by atoms with Crippen LogP contribution in [0.4, 0.5) is 0 Å². The summed E-state index contributed by atoms with van der Waals surface area (Å²) in [4.78, 5) is 14.4. The summed E-state index contributed by atoms with van der Waals surface area (Å²) in [5.41, 5.74) is 0.0672. The van der Waals surface area contributed by atoms with E-state index in [0.717, 1.165) is 44.9 Å². The maximum absolute atomic E-state index is 12.4. The van der Waals surface area contributed by atoms with Gasteiger partial charge in [-0.05, 0) is 37.3 Å². The predicted octanol–water partition coefficient (Wildman–Crippen LogP) is 2.94. The molecule has 19 heavy (non-hydrogen) atoms. The van der Waals surface area contributed by atoms with Gasteiger partial charge in [-0.1, -0.05) is 34.6 Å². The lowest BCUT2D eigenvalue weighted by atomic mass is 9.81. The molecule has 1 fully saturated rings. The van der Waals surface area contributed by atoms with Crippen LogP contribution in [0.1, 0.15) is 47.5 Å². The Hall–Kier alpha value is -0.280. The summed E-state index contributed by atoms with van der Waals surface area (Å²) in [6.45, 7) is 14.7. The van der Waals surface area contributed by atoms with Crippen molar-refractivity contribution in [2.75, 3.05) is 26.2 Å². The number of likely N-dealkylation sites (tertiary alicyclic amines) is 1. The highest BCUT2D eigenvalue weighted by atomic mass is 35.5. The molecule has 1 aliphatic heterocycles. The lowest BCUT2D eigenvalue weighted by Gasteiger charge is -2.36. The Morgan fingerprint density at radius 3 is 2.26 bits per heavy atom. The molecule has 0 aromatic carbocycles. The Balaban J connectivity index is 0.00000324. The lowest BCUT2D eigenvalue weighted by molar-refractivity contribution is -0.139. The minimum Gasteiger partial charge on any atom is -0.342 e. The number of nitrogens with zero attached hydrogens (tertiary/aromatic N) is 1. The van der Waals surface area contributed by atoms with E-state index in [9.17, 15) is 4.79 Å². The van der Waals surface area contributed by atoms with Gasteiger partial charge in [-0.2, -0.15) is 0 Å². The standard InChI is InChI=1S/C15H30N2O.ClH/c1-6-16-11-13-7-9-17(10-8-13)14(18)12(2)15(3,4)5;/h12-13,16H,6-11H2,1-5H3;1H. The SMILES string of the molecule is CCNCC1CCN(C(=O)C(C)C(C)(C)C)CC1.Cl. The number of nitrogens with one attached hydrogen (secondary N) is 1. The van der Waals surface area contributed by atoms with Gasteiger partial charge >= 0.3 is 0 Å². The van der Waals surface area contributed by atoms with Crippen molar-refractivity contribution in [3.05, 3.63) is 0 Å². The van der Waals surface area contributed by atoms with E-state index in [1.807, 2.05) is 0 Å². The van der Waals surface area contributed by atoms with E-state index in [1.165, 1.54) is 0 Å². The van der Waals surface area contributed by atoms with Gasteiger partial charge in [0.05, 0.1) is 0 Å². The van der Waals surface area contributed by atoms with Crippen LogP contribution < -0.4 is 5.32 Å². The highest BCUT2D eigenvalue weighted by Gasteiger charge is 2.32. The Bertz CT molecular complexity index is 268. The van der Waals surface area contributed by atoms with Crippen LogP contribution in [0.3, 0.4) is 0 Å². The molecule has 1 saturated heterocycles. The van der Waals surface area contributed by atoms with Crippen molar-refractivity contribution in [1.29, 1.82) is 0 Å². The Labute approximate surface area is 124 Å². The molecule has 0 spiro atoms. The fraction of sp³-hybridized carbons (Fsp3) is 0.933. The van der Waals surface area contributed by atoms with Crippen molar-refractivity contribution in [1.82, 2.24) is 10.2 Å². The third kappa shape index (κ3) is 5.70. The van der Waals surface area contributed by atoms with Crippen molar-refractivity contribution in [2.24, 2.45) is 17.3 Å². The minimum absolute atomic E-state index is 0. The van der Waals surface area contributed by atoms with Gasteiger partial charge in [0.15, 0.2) is 0 Å². The van der Waals surface area contributed by atoms with E-state index in [-0.39, 0.29) is 23.7 Å². The topological polar surface area (TPSA) is 32.3 Å². The van der Waals surface area contributed by atoms with Gasteiger partial charge in [0, 0.05) is 19.0 Å². The average Bonchev–Trinajstić information content (AvgIpc) is 2.34. The number of carbonyl (C=O) groups excluding carboxylic acids is 1. The van der Waals surface area contributed by atoms with Crippen LogP contribution >= 0.6 is 12.4 Å². The number of amides is 1. The fourth-order valence-electron chi connectivity index (χ4n) is 2.35. The van der Waals surface area contributed by atoms with Crippen LogP contribution in [0.15, 0.2) is 0 Å². The molecule has 1 unspecified atom stereocenters. The smallest absolute Gasteiger partial charge is 0.225 e. The second kappa shape index (κ2) is 8.11. The third-order valence-corrected chi connectivity index (χ3v) is 4.28. The van der Waals surface area contributed by atoms with Gasteiger partial charge in [-0.3, -0.25) is 4.79 Å². The molecule has 1 amide bonds.